The SMILES string of the molecule is CCCn1c(=O)[nH]c2nc(-c3cnn(C(C)c4ccccc4)c3)[nH]c2c1=O. The lowest BCUT2D eigenvalue weighted by Crippen LogP contribution is -2.34. The molecule has 27 heavy (non-hydrogen) atoms. The lowest BCUT2D eigenvalue weighted by Gasteiger charge is -2.11. The van der Waals surface area contributed by atoms with Crippen molar-refractivity contribution in [1.82, 2.24) is 29.3 Å². The Bertz CT molecular complexity index is 1200. The highest BCUT2D eigenvalue weighted by Crippen LogP contribution is 2.21. The van der Waals surface area contributed by atoms with Crippen LogP contribution in [-0.4, -0.2) is 29.3 Å². The topological polar surface area (TPSA) is 101 Å². The number of fused-ring (bicyclic) bond motifs is 1. The number of H-pyrrole nitrogens is 2. The van der Waals surface area contributed by atoms with Gasteiger partial charge < -0.3 is 4.98 Å². The van der Waals surface area contributed by atoms with E-state index in [1.165, 1.54) is 4.57 Å². The number of imidazole rings is 1. The van der Waals surface area contributed by atoms with E-state index in [1.807, 2.05) is 48.1 Å². The second-order valence-electron chi connectivity index (χ2n) is 6.49. The van der Waals surface area contributed by atoms with E-state index < -0.39 is 5.69 Å². The van der Waals surface area contributed by atoms with Gasteiger partial charge in [-0.25, -0.2) is 9.78 Å². The fraction of sp³-hybridized carbons (Fsp3) is 0.263. The van der Waals surface area contributed by atoms with Gasteiger partial charge >= 0.3 is 5.69 Å². The summed E-state index contributed by atoms with van der Waals surface area (Å²) in [5, 5.41) is 4.43. The van der Waals surface area contributed by atoms with E-state index in [0.717, 1.165) is 11.1 Å². The summed E-state index contributed by atoms with van der Waals surface area (Å²) in [5.74, 6) is 0.499. The number of benzene rings is 1. The third kappa shape index (κ3) is 2.99. The largest absolute Gasteiger partial charge is 0.332 e. The van der Waals surface area contributed by atoms with Crippen molar-refractivity contribution in [1.29, 1.82) is 0 Å². The maximum Gasteiger partial charge on any atom is 0.330 e. The van der Waals surface area contributed by atoms with Crippen LogP contribution in [0.15, 0.2) is 52.3 Å². The van der Waals surface area contributed by atoms with Crippen LogP contribution >= 0.6 is 0 Å². The van der Waals surface area contributed by atoms with Gasteiger partial charge in [-0.15, -0.1) is 0 Å². The molecule has 4 rings (SSSR count). The second-order valence-corrected chi connectivity index (χ2v) is 6.49. The summed E-state index contributed by atoms with van der Waals surface area (Å²) in [6.45, 7) is 4.34. The van der Waals surface area contributed by atoms with E-state index in [2.05, 4.69) is 27.0 Å². The predicted molar refractivity (Wildman–Crippen MR) is 103 cm³/mol. The van der Waals surface area contributed by atoms with Gasteiger partial charge in [-0.2, -0.15) is 5.10 Å². The third-order valence-electron chi connectivity index (χ3n) is 4.63. The van der Waals surface area contributed by atoms with E-state index in [1.54, 1.807) is 6.20 Å². The standard InChI is InChI=1S/C19H20N6O2/c1-3-9-24-18(26)15-17(23-19(24)27)22-16(21-15)14-10-20-25(11-14)12(2)13-7-5-4-6-8-13/h4-8,10-12H,3,9H2,1-2H3,(H,21,22)(H,23,27). The summed E-state index contributed by atoms with van der Waals surface area (Å²) < 4.78 is 3.03. The Labute approximate surface area is 154 Å². The third-order valence-corrected chi connectivity index (χ3v) is 4.63. The predicted octanol–water partition coefficient (Wildman–Crippen LogP) is 2.30. The molecular weight excluding hydrogens is 344 g/mol. The molecule has 3 aromatic heterocycles. The molecule has 0 aliphatic heterocycles. The molecule has 0 aliphatic rings. The molecule has 1 unspecified atom stereocenters. The molecule has 4 aromatic rings. The molecule has 0 aliphatic carbocycles. The minimum Gasteiger partial charge on any atom is -0.332 e. The number of nitrogens with zero attached hydrogens (tertiary/aromatic N) is 4. The lowest BCUT2D eigenvalue weighted by molar-refractivity contribution is 0.564. The van der Waals surface area contributed by atoms with Crippen LogP contribution in [0, 0.1) is 0 Å². The average molecular weight is 364 g/mol. The summed E-state index contributed by atoms with van der Waals surface area (Å²) in [6.07, 6.45) is 4.26. The van der Waals surface area contributed by atoms with Gasteiger partial charge in [-0.05, 0) is 18.9 Å². The van der Waals surface area contributed by atoms with Gasteiger partial charge in [0.2, 0.25) is 0 Å². The molecule has 0 amide bonds. The van der Waals surface area contributed by atoms with Crippen LogP contribution in [0.5, 0.6) is 0 Å². The molecule has 1 atom stereocenters. The maximum atomic E-state index is 12.5. The summed E-state index contributed by atoms with van der Waals surface area (Å²) in [5.41, 5.74) is 1.64. The van der Waals surface area contributed by atoms with Gasteiger partial charge in [0.25, 0.3) is 5.56 Å². The molecule has 8 nitrogen and oxygen atoms in total. The molecule has 8 heteroatoms. The number of aromatic amines is 2. The van der Waals surface area contributed by atoms with Crippen molar-refractivity contribution in [3.63, 3.8) is 0 Å². The van der Waals surface area contributed by atoms with Crippen LogP contribution in [0.2, 0.25) is 0 Å². The second kappa shape index (κ2) is 6.71. The Morgan fingerprint density at radius 3 is 2.67 bits per heavy atom. The van der Waals surface area contributed by atoms with Crippen LogP contribution < -0.4 is 11.2 Å². The zero-order chi connectivity index (χ0) is 19.0. The minimum atomic E-state index is -0.444. The van der Waals surface area contributed by atoms with E-state index in [9.17, 15) is 9.59 Å². The zero-order valence-corrected chi connectivity index (χ0v) is 15.1. The molecule has 0 spiro atoms. The maximum absolute atomic E-state index is 12.5. The van der Waals surface area contributed by atoms with Gasteiger partial charge in [0, 0.05) is 12.7 Å². The summed E-state index contributed by atoms with van der Waals surface area (Å²) in [4.78, 5) is 34.7. The molecule has 0 radical (unpaired) electrons. The quantitative estimate of drug-likeness (QED) is 0.567. The molecule has 3 heterocycles. The fourth-order valence-electron chi connectivity index (χ4n) is 3.13. The first-order valence-corrected chi connectivity index (χ1v) is 8.90. The highest BCUT2D eigenvalue weighted by molar-refractivity contribution is 5.74. The summed E-state index contributed by atoms with van der Waals surface area (Å²) >= 11 is 0. The lowest BCUT2D eigenvalue weighted by atomic mass is 10.1. The van der Waals surface area contributed by atoms with Crippen molar-refractivity contribution in [2.24, 2.45) is 0 Å². The zero-order valence-electron chi connectivity index (χ0n) is 15.1. The van der Waals surface area contributed by atoms with E-state index in [4.69, 9.17) is 0 Å². The number of hydrogen-bond acceptors (Lipinski definition) is 4. The van der Waals surface area contributed by atoms with Gasteiger partial charge in [0.15, 0.2) is 5.65 Å². The molecule has 1 aromatic carbocycles. The Balaban J connectivity index is 1.73. The minimum absolute atomic E-state index is 0.0610. The van der Waals surface area contributed by atoms with E-state index in [-0.39, 0.29) is 17.2 Å². The first-order valence-electron chi connectivity index (χ1n) is 8.90. The van der Waals surface area contributed by atoms with Gasteiger partial charge in [-0.3, -0.25) is 19.0 Å². The van der Waals surface area contributed by atoms with Crippen LogP contribution in [0.3, 0.4) is 0 Å². The van der Waals surface area contributed by atoms with E-state index in [0.29, 0.717) is 24.3 Å². The van der Waals surface area contributed by atoms with Gasteiger partial charge in [0.1, 0.15) is 11.3 Å². The van der Waals surface area contributed by atoms with Crippen molar-refractivity contribution in [3.05, 3.63) is 69.1 Å². The number of nitrogens with one attached hydrogen (secondary N) is 2. The molecule has 138 valence electrons. The average Bonchev–Trinajstić information content (AvgIpc) is 3.32. The van der Waals surface area contributed by atoms with Crippen molar-refractivity contribution in [2.75, 3.05) is 0 Å². The smallest absolute Gasteiger partial charge is 0.330 e. The normalized spacial score (nSPS) is 12.5. The molecule has 0 saturated heterocycles. The van der Waals surface area contributed by atoms with Crippen molar-refractivity contribution >= 4 is 11.2 Å². The fourth-order valence-corrected chi connectivity index (χ4v) is 3.13. The van der Waals surface area contributed by atoms with Crippen LogP contribution in [-0.2, 0) is 6.54 Å². The van der Waals surface area contributed by atoms with Gasteiger partial charge in [-0.1, -0.05) is 37.3 Å². The van der Waals surface area contributed by atoms with Crippen LogP contribution in [0.25, 0.3) is 22.6 Å². The molecule has 0 bridgehead atoms. The van der Waals surface area contributed by atoms with Gasteiger partial charge in [0.05, 0.1) is 17.8 Å². The Kier molecular flexibility index (Phi) is 4.23. The van der Waals surface area contributed by atoms with Crippen molar-refractivity contribution in [2.45, 2.75) is 32.9 Å². The monoisotopic (exact) mass is 364 g/mol. The Hall–Kier alpha value is -3.42. The number of rotatable bonds is 5. The van der Waals surface area contributed by atoms with Crippen LogP contribution in [0.4, 0.5) is 0 Å². The van der Waals surface area contributed by atoms with Crippen molar-refractivity contribution in [3.8, 4) is 11.4 Å². The first-order chi connectivity index (χ1) is 13.1. The highest BCUT2D eigenvalue weighted by Gasteiger charge is 2.15. The number of hydrogen-bond donors (Lipinski definition) is 2. The summed E-state index contributed by atoms with van der Waals surface area (Å²) in [6, 6.07) is 10.1. The molecule has 0 fully saturated rings. The Morgan fingerprint density at radius 1 is 1.15 bits per heavy atom. The number of aromatic nitrogens is 6. The first kappa shape index (κ1) is 17.0. The summed E-state index contributed by atoms with van der Waals surface area (Å²) in [7, 11) is 0. The highest BCUT2D eigenvalue weighted by atomic mass is 16.2. The molecule has 2 N–H and O–H groups in total. The molecule has 0 saturated carbocycles. The van der Waals surface area contributed by atoms with E-state index >= 15 is 0 Å². The van der Waals surface area contributed by atoms with Crippen LogP contribution in [0.1, 0.15) is 31.9 Å². The molecular formula is C19H20N6O2. The Morgan fingerprint density at radius 2 is 1.93 bits per heavy atom. The van der Waals surface area contributed by atoms with Crippen molar-refractivity contribution < 1.29 is 0 Å².